The summed E-state index contributed by atoms with van der Waals surface area (Å²) in [4.78, 5) is 12.9. The molecule has 0 spiro atoms. The lowest BCUT2D eigenvalue weighted by atomic mass is 10.2. The maximum absolute atomic E-state index is 11.5. The first kappa shape index (κ1) is 21.8. The van der Waals surface area contributed by atoms with Gasteiger partial charge in [0.05, 0.1) is 17.1 Å². The van der Waals surface area contributed by atoms with Gasteiger partial charge < -0.3 is 20.4 Å². The molecule has 168 valence electrons. The Morgan fingerprint density at radius 3 is 2.59 bits per heavy atom. The molecule has 0 radical (unpaired) electrons. The highest BCUT2D eigenvalue weighted by atomic mass is 32.2. The molecule has 0 saturated carbocycles. The molecule has 2 aromatic carbocycles. The van der Waals surface area contributed by atoms with Gasteiger partial charge in [-0.25, -0.2) is 13.4 Å². The van der Waals surface area contributed by atoms with E-state index in [1.165, 1.54) is 6.26 Å². The largest absolute Gasteiger partial charge is 0.349 e. The van der Waals surface area contributed by atoms with E-state index in [9.17, 15) is 8.42 Å². The summed E-state index contributed by atoms with van der Waals surface area (Å²) < 4.78 is 22.9. The van der Waals surface area contributed by atoms with E-state index in [0.29, 0.717) is 5.95 Å². The Labute approximate surface area is 188 Å². The van der Waals surface area contributed by atoms with Crippen LogP contribution in [0.5, 0.6) is 0 Å². The van der Waals surface area contributed by atoms with Gasteiger partial charge in [-0.1, -0.05) is 12.1 Å². The van der Waals surface area contributed by atoms with Crippen LogP contribution >= 0.6 is 0 Å². The number of sulfone groups is 1. The third kappa shape index (κ3) is 4.61. The number of rotatable bonds is 6. The number of hydrogen-bond donors (Lipinski definition) is 3. The van der Waals surface area contributed by atoms with Crippen LogP contribution in [0.2, 0.25) is 0 Å². The van der Waals surface area contributed by atoms with E-state index in [0.717, 1.165) is 34.1 Å². The number of nitrogens with two attached hydrogens (primary N) is 1. The monoisotopic (exact) mass is 453 g/mol. The summed E-state index contributed by atoms with van der Waals surface area (Å²) in [7, 11) is 0.827. The molecular weight excluding hydrogens is 426 g/mol. The first-order chi connectivity index (χ1) is 15.0. The van der Waals surface area contributed by atoms with Crippen molar-refractivity contribution in [3.8, 4) is 0 Å². The van der Waals surface area contributed by atoms with Crippen LogP contribution in [-0.2, 0) is 15.6 Å². The summed E-state index contributed by atoms with van der Waals surface area (Å²) in [5.41, 5.74) is 10.7. The van der Waals surface area contributed by atoms with E-state index in [2.05, 4.69) is 20.6 Å². The second-order valence-corrected chi connectivity index (χ2v) is 10.4. The smallest absolute Gasteiger partial charge is 0.229 e. The van der Waals surface area contributed by atoms with Crippen LogP contribution in [0.4, 0.5) is 34.5 Å². The predicted octanol–water partition coefficient (Wildman–Crippen LogP) is 3.03. The van der Waals surface area contributed by atoms with E-state index in [1.54, 1.807) is 18.3 Å². The lowest BCUT2D eigenvalue weighted by Gasteiger charge is -2.29. The van der Waals surface area contributed by atoms with Gasteiger partial charge in [-0.15, -0.1) is 0 Å². The summed E-state index contributed by atoms with van der Waals surface area (Å²) in [5.74, 6) is 0.540. The molecule has 0 bridgehead atoms. The Hall–Kier alpha value is -3.37. The molecule has 1 unspecified atom stereocenters. The van der Waals surface area contributed by atoms with Crippen molar-refractivity contribution in [2.24, 2.45) is 5.73 Å². The van der Waals surface area contributed by atoms with Crippen LogP contribution in [0, 0.1) is 0 Å². The second-order valence-electron chi connectivity index (χ2n) is 8.22. The zero-order valence-corrected chi connectivity index (χ0v) is 19.3. The average molecular weight is 454 g/mol. The fourth-order valence-electron chi connectivity index (χ4n) is 3.58. The number of benzene rings is 2. The molecule has 1 atom stereocenters. The number of fused-ring (bicyclic) bond motifs is 1. The van der Waals surface area contributed by atoms with Gasteiger partial charge in [-0.3, -0.25) is 5.73 Å². The van der Waals surface area contributed by atoms with Gasteiger partial charge in [0.15, 0.2) is 15.6 Å². The number of aromatic nitrogens is 2. The van der Waals surface area contributed by atoms with Gasteiger partial charge in [0, 0.05) is 37.9 Å². The Kier molecular flexibility index (Phi) is 5.43. The van der Waals surface area contributed by atoms with Crippen LogP contribution in [0.3, 0.4) is 0 Å². The van der Waals surface area contributed by atoms with Gasteiger partial charge in [-0.2, -0.15) is 4.98 Å². The van der Waals surface area contributed by atoms with E-state index < -0.39 is 15.6 Å². The van der Waals surface area contributed by atoms with Crippen molar-refractivity contribution in [3.05, 3.63) is 60.3 Å². The molecule has 1 aromatic heterocycles. The standard InChI is InChI=1S/C22H27N7O2S/c1-22(23)27-18-13-17(9-10-19(18)29(22)3)28(2)20-11-12-24-21(26-20)25-16-7-5-15(6-8-16)14-32(4,30)31/h5-13,27H,14,23H2,1-4H3,(H,24,25,26). The lowest BCUT2D eigenvalue weighted by molar-refractivity contribution is 0.548. The van der Waals surface area contributed by atoms with Crippen LogP contribution in [-0.4, -0.2) is 44.5 Å². The minimum atomic E-state index is -3.07. The van der Waals surface area contributed by atoms with Crippen molar-refractivity contribution in [1.29, 1.82) is 0 Å². The Balaban J connectivity index is 1.51. The molecule has 9 nitrogen and oxygen atoms in total. The quantitative estimate of drug-likeness (QED) is 0.518. The van der Waals surface area contributed by atoms with E-state index >= 15 is 0 Å². The van der Waals surface area contributed by atoms with Gasteiger partial charge in [0.2, 0.25) is 5.95 Å². The Morgan fingerprint density at radius 2 is 1.91 bits per heavy atom. The Morgan fingerprint density at radius 1 is 1.19 bits per heavy atom. The summed E-state index contributed by atoms with van der Waals surface area (Å²) in [6, 6.07) is 15.1. The Bertz CT molecular complexity index is 1240. The van der Waals surface area contributed by atoms with Crippen molar-refractivity contribution >= 4 is 44.4 Å². The number of nitrogens with one attached hydrogen (secondary N) is 2. The van der Waals surface area contributed by atoms with Crippen molar-refractivity contribution in [2.75, 3.05) is 40.8 Å². The molecule has 3 aromatic rings. The molecule has 0 fully saturated rings. The first-order valence-electron chi connectivity index (χ1n) is 10.1. The van der Waals surface area contributed by atoms with E-state index in [4.69, 9.17) is 5.73 Å². The van der Waals surface area contributed by atoms with E-state index in [1.807, 2.05) is 67.2 Å². The summed E-state index contributed by atoms with van der Waals surface area (Å²) in [6.07, 6.45) is 2.91. The van der Waals surface area contributed by atoms with Crippen molar-refractivity contribution in [1.82, 2.24) is 9.97 Å². The van der Waals surface area contributed by atoms with Crippen molar-refractivity contribution in [3.63, 3.8) is 0 Å². The fraction of sp³-hybridized carbons (Fsp3) is 0.273. The SMILES string of the molecule is CN(c1ccc2c(c1)NC(C)(N)N2C)c1ccnc(Nc2ccc(CS(C)(=O)=O)cc2)n1. The van der Waals surface area contributed by atoms with Gasteiger partial charge in [-0.05, 0) is 48.9 Å². The molecule has 10 heteroatoms. The number of anilines is 6. The second kappa shape index (κ2) is 7.95. The average Bonchev–Trinajstić information content (AvgIpc) is 2.96. The molecule has 4 rings (SSSR count). The van der Waals surface area contributed by atoms with Crippen LogP contribution in [0.25, 0.3) is 0 Å². The van der Waals surface area contributed by atoms with Gasteiger partial charge in [0.25, 0.3) is 0 Å². The van der Waals surface area contributed by atoms with Crippen molar-refractivity contribution < 1.29 is 8.42 Å². The summed E-state index contributed by atoms with van der Waals surface area (Å²) in [6.45, 7) is 1.92. The van der Waals surface area contributed by atoms with Crippen LogP contribution in [0.1, 0.15) is 12.5 Å². The highest BCUT2D eigenvalue weighted by Gasteiger charge is 2.33. The molecule has 2 heterocycles. The minimum absolute atomic E-state index is 0.0127. The molecule has 0 amide bonds. The number of hydrogen-bond acceptors (Lipinski definition) is 9. The highest BCUT2D eigenvalue weighted by molar-refractivity contribution is 7.89. The molecule has 1 aliphatic heterocycles. The third-order valence-electron chi connectivity index (χ3n) is 5.44. The molecule has 32 heavy (non-hydrogen) atoms. The predicted molar refractivity (Wildman–Crippen MR) is 129 cm³/mol. The van der Waals surface area contributed by atoms with Crippen LogP contribution < -0.4 is 26.2 Å². The van der Waals surface area contributed by atoms with Gasteiger partial charge in [0.1, 0.15) is 5.82 Å². The summed E-state index contributed by atoms with van der Waals surface area (Å²) >= 11 is 0. The van der Waals surface area contributed by atoms with Crippen LogP contribution in [0.15, 0.2) is 54.7 Å². The molecule has 4 N–H and O–H groups in total. The van der Waals surface area contributed by atoms with E-state index in [-0.39, 0.29) is 5.75 Å². The van der Waals surface area contributed by atoms with Crippen molar-refractivity contribution in [2.45, 2.75) is 18.5 Å². The maximum Gasteiger partial charge on any atom is 0.229 e. The maximum atomic E-state index is 11.5. The topological polar surface area (TPSA) is 116 Å². The molecule has 1 aliphatic rings. The fourth-order valence-corrected chi connectivity index (χ4v) is 4.37. The lowest BCUT2D eigenvalue weighted by Crippen LogP contribution is -2.54. The normalized spacial score (nSPS) is 17.6. The molecular formula is C22H27N7O2S. The number of nitrogens with zero attached hydrogens (tertiary/aromatic N) is 4. The van der Waals surface area contributed by atoms with Gasteiger partial charge >= 0.3 is 0 Å². The highest BCUT2D eigenvalue weighted by Crippen LogP contribution is 2.39. The third-order valence-corrected chi connectivity index (χ3v) is 6.29. The minimum Gasteiger partial charge on any atom is -0.349 e. The summed E-state index contributed by atoms with van der Waals surface area (Å²) in [5, 5.41) is 6.49. The zero-order valence-electron chi connectivity index (χ0n) is 18.5. The zero-order chi connectivity index (χ0) is 23.1. The molecule has 0 aliphatic carbocycles. The molecule has 0 saturated heterocycles. The first-order valence-corrected chi connectivity index (χ1v) is 12.1.